The fourth-order valence-electron chi connectivity index (χ4n) is 4.86. The summed E-state index contributed by atoms with van der Waals surface area (Å²) in [6, 6.07) is 15.8. The summed E-state index contributed by atoms with van der Waals surface area (Å²) in [5, 5.41) is 0. The fourth-order valence-corrected chi connectivity index (χ4v) is 4.86. The fraction of sp³-hybridized carbons (Fsp3) is 0.417. The normalized spacial score (nSPS) is 24.6. The molecule has 3 unspecified atom stereocenters. The van der Waals surface area contributed by atoms with Crippen LogP contribution in [-0.2, 0) is 4.79 Å². The molecular weight excluding hydrogens is 350 g/mol. The SMILES string of the molecule is COc1cccc(C2C3CCC(=O)CC3CCN2C(=O)c2ccc(C)cc2)c1. The van der Waals surface area contributed by atoms with Crippen LogP contribution in [0.25, 0.3) is 0 Å². The van der Waals surface area contributed by atoms with Crippen LogP contribution in [0.3, 0.4) is 0 Å². The van der Waals surface area contributed by atoms with Gasteiger partial charge in [-0.3, -0.25) is 9.59 Å². The maximum atomic E-state index is 13.4. The third-order valence-corrected chi connectivity index (χ3v) is 6.33. The van der Waals surface area contributed by atoms with Crippen molar-refractivity contribution in [2.75, 3.05) is 13.7 Å². The standard InChI is InChI=1S/C24H27NO3/c1-16-6-8-17(9-7-16)24(27)25-13-12-18-14-20(26)10-11-22(18)23(25)19-4-3-5-21(15-19)28-2/h3-9,15,18,22-23H,10-14H2,1-2H3. The Morgan fingerprint density at radius 1 is 1.11 bits per heavy atom. The van der Waals surface area contributed by atoms with Crippen LogP contribution >= 0.6 is 0 Å². The second-order valence-electron chi connectivity index (χ2n) is 8.08. The molecule has 0 aromatic heterocycles. The maximum absolute atomic E-state index is 13.4. The van der Waals surface area contributed by atoms with Gasteiger partial charge in [-0.25, -0.2) is 0 Å². The first-order valence-corrected chi connectivity index (χ1v) is 10.1. The number of nitrogens with zero attached hydrogens (tertiary/aromatic N) is 1. The molecule has 0 bridgehead atoms. The van der Waals surface area contributed by atoms with Gasteiger partial charge in [-0.15, -0.1) is 0 Å². The number of ether oxygens (including phenoxy) is 1. The van der Waals surface area contributed by atoms with Crippen molar-refractivity contribution in [2.45, 2.75) is 38.6 Å². The van der Waals surface area contributed by atoms with Crippen molar-refractivity contribution in [1.82, 2.24) is 4.90 Å². The lowest BCUT2D eigenvalue weighted by Gasteiger charge is -2.47. The minimum atomic E-state index is -0.0178. The third kappa shape index (κ3) is 3.56. The van der Waals surface area contributed by atoms with Gasteiger partial charge in [-0.1, -0.05) is 29.8 Å². The highest BCUT2D eigenvalue weighted by molar-refractivity contribution is 5.94. The zero-order valence-electron chi connectivity index (χ0n) is 16.6. The number of methoxy groups -OCH3 is 1. The topological polar surface area (TPSA) is 46.6 Å². The highest BCUT2D eigenvalue weighted by Gasteiger charge is 2.43. The zero-order valence-corrected chi connectivity index (χ0v) is 16.6. The summed E-state index contributed by atoms with van der Waals surface area (Å²) in [4.78, 5) is 27.5. The van der Waals surface area contributed by atoms with Crippen molar-refractivity contribution in [3.63, 3.8) is 0 Å². The Kier molecular flexibility index (Phi) is 5.21. The molecule has 146 valence electrons. The van der Waals surface area contributed by atoms with E-state index in [2.05, 4.69) is 6.07 Å². The van der Waals surface area contributed by atoms with Crippen LogP contribution in [0.4, 0.5) is 0 Å². The Morgan fingerprint density at radius 3 is 2.64 bits per heavy atom. The summed E-state index contributed by atoms with van der Waals surface area (Å²) in [5.74, 6) is 1.91. The van der Waals surface area contributed by atoms with E-state index in [1.54, 1.807) is 7.11 Å². The van der Waals surface area contributed by atoms with Crippen LogP contribution < -0.4 is 4.74 Å². The zero-order chi connectivity index (χ0) is 19.7. The molecule has 0 spiro atoms. The lowest BCUT2D eigenvalue weighted by molar-refractivity contribution is -0.124. The molecular formula is C24H27NO3. The van der Waals surface area contributed by atoms with E-state index in [4.69, 9.17) is 4.74 Å². The monoisotopic (exact) mass is 377 g/mol. The Morgan fingerprint density at radius 2 is 1.89 bits per heavy atom. The maximum Gasteiger partial charge on any atom is 0.254 e. The lowest BCUT2D eigenvalue weighted by atomic mass is 9.68. The smallest absolute Gasteiger partial charge is 0.254 e. The number of hydrogen-bond acceptors (Lipinski definition) is 3. The van der Waals surface area contributed by atoms with Crippen LogP contribution in [-0.4, -0.2) is 30.2 Å². The summed E-state index contributed by atoms with van der Waals surface area (Å²) < 4.78 is 5.43. The van der Waals surface area contributed by atoms with E-state index >= 15 is 0 Å². The molecule has 1 saturated carbocycles. The summed E-state index contributed by atoms with van der Waals surface area (Å²) >= 11 is 0. The number of ketones is 1. The lowest BCUT2D eigenvalue weighted by Crippen LogP contribution is -2.48. The van der Waals surface area contributed by atoms with Gasteiger partial charge in [0.25, 0.3) is 5.91 Å². The molecule has 4 rings (SSSR count). The number of carbonyl (C=O) groups is 2. The van der Waals surface area contributed by atoms with E-state index in [1.807, 2.05) is 54.3 Å². The summed E-state index contributed by atoms with van der Waals surface area (Å²) in [5.41, 5.74) is 2.97. The minimum Gasteiger partial charge on any atom is -0.497 e. The number of benzene rings is 2. The van der Waals surface area contributed by atoms with Gasteiger partial charge in [0.1, 0.15) is 11.5 Å². The number of carbonyl (C=O) groups excluding carboxylic acids is 2. The Balaban J connectivity index is 1.72. The van der Waals surface area contributed by atoms with Crippen molar-refractivity contribution >= 4 is 11.7 Å². The second-order valence-corrected chi connectivity index (χ2v) is 8.08. The van der Waals surface area contributed by atoms with E-state index in [0.29, 0.717) is 37.0 Å². The van der Waals surface area contributed by atoms with Gasteiger partial charge < -0.3 is 9.64 Å². The molecule has 1 aliphatic heterocycles. The number of hydrogen-bond donors (Lipinski definition) is 0. The van der Waals surface area contributed by atoms with Crippen molar-refractivity contribution in [1.29, 1.82) is 0 Å². The number of likely N-dealkylation sites (tertiary alicyclic amines) is 1. The van der Waals surface area contributed by atoms with Crippen molar-refractivity contribution in [3.8, 4) is 5.75 Å². The molecule has 1 saturated heterocycles. The largest absolute Gasteiger partial charge is 0.497 e. The summed E-state index contributed by atoms with van der Waals surface area (Å²) in [6.07, 6.45) is 3.02. The predicted molar refractivity (Wildman–Crippen MR) is 108 cm³/mol. The quantitative estimate of drug-likeness (QED) is 0.787. The molecule has 2 aliphatic rings. The van der Waals surface area contributed by atoms with Gasteiger partial charge in [-0.2, -0.15) is 0 Å². The van der Waals surface area contributed by atoms with Crippen molar-refractivity contribution in [2.24, 2.45) is 11.8 Å². The predicted octanol–water partition coefficient (Wildman–Crippen LogP) is 4.58. The molecule has 2 aromatic rings. The number of fused-ring (bicyclic) bond motifs is 1. The molecule has 2 aromatic carbocycles. The molecule has 3 atom stereocenters. The number of amides is 1. The molecule has 4 heteroatoms. The Hall–Kier alpha value is -2.62. The van der Waals surface area contributed by atoms with Gasteiger partial charge in [0.2, 0.25) is 0 Å². The van der Waals surface area contributed by atoms with Crippen LogP contribution in [0.2, 0.25) is 0 Å². The number of aryl methyl sites for hydroxylation is 1. The van der Waals surface area contributed by atoms with E-state index in [-0.39, 0.29) is 11.9 Å². The van der Waals surface area contributed by atoms with E-state index < -0.39 is 0 Å². The molecule has 0 N–H and O–H groups in total. The number of rotatable bonds is 3. The Labute approximate surface area is 166 Å². The average Bonchev–Trinajstić information content (AvgIpc) is 2.73. The van der Waals surface area contributed by atoms with Gasteiger partial charge in [0.15, 0.2) is 0 Å². The summed E-state index contributed by atoms with van der Waals surface area (Å²) in [6.45, 7) is 2.71. The van der Waals surface area contributed by atoms with E-state index in [1.165, 1.54) is 0 Å². The van der Waals surface area contributed by atoms with Gasteiger partial charge >= 0.3 is 0 Å². The van der Waals surface area contributed by atoms with Crippen LogP contribution in [0, 0.1) is 18.8 Å². The number of Topliss-reactive ketones (excluding diaryl/α,β-unsaturated/α-hetero) is 1. The van der Waals surface area contributed by atoms with Crippen LogP contribution in [0.1, 0.15) is 53.2 Å². The first-order chi connectivity index (χ1) is 13.6. The van der Waals surface area contributed by atoms with Crippen molar-refractivity contribution in [3.05, 3.63) is 65.2 Å². The summed E-state index contributed by atoms with van der Waals surface area (Å²) in [7, 11) is 1.66. The van der Waals surface area contributed by atoms with Crippen molar-refractivity contribution < 1.29 is 14.3 Å². The minimum absolute atomic E-state index is 0.0178. The molecule has 1 aliphatic carbocycles. The Bertz CT molecular complexity index is 874. The highest BCUT2D eigenvalue weighted by Crippen LogP contribution is 2.46. The van der Waals surface area contributed by atoms with Gasteiger partial charge in [0, 0.05) is 24.9 Å². The molecule has 1 amide bonds. The van der Waals surface area contributed by atoms with Gasteiger partial charge in [0.05, 0.1) is 13.2 Å². The average molecular weight is 377 g/mol. The molecule has 28 heavy (non-hydrogen) atoms. The molecule has 2 fully saturated rings. The second kappa shape index (κ2) is 7.78. The highest BCUT2D eigenvalue weighted by atomic mass is 16.5. The van der Waals surface area contributed by atoms with Crippen LogP contribution in [0.5, 0.6) is 5.75 Å². The first-order valence-electron chi connectivity index (χ1n) is 10.1. The molecule has 1 heterocycles. The molecule has 4 nitrogen and oxygen atoms in total. The van der Waals surface area contributed by atoms with E-state index in [0.717, 1.165) is 35.3 Å². The van der Waals surface area contributed by atoms with Crippen LogP contribution in [0.15, 0.2) is 48.5 Å². The third-order valence-electron chi connectivity index (χ3n) is 6.33. The van der Waals surface area contributed by atoms with E-state index in [9.17, 15) is 9.59 Å². The first kappa shape index (κ1) is 18.7. The van der Waals surface area contributed by atoms with Gasteiger partial charge in [-0.05, 0) is 61.4 Å². The number of piperidine rings is 1. The molecule has 0 radical (unpaired) electrons.